The molecule has 0 heterocycles. The Hall–Kier alpha value is -1.08. The number of rotatable bonds is 8. The zero-order chi connectivity index (χ0) is 26.7. The normalized spacial score (nSPS) is 16.9. The molecule has 0 aromatic rings. The molecule has 0 bridgehead atoms. The molecular weight excluding hydrogens is 423 g/mol. The standard InChI is InChI=1S/C9H17N.C9H16N.C8H13N.C4H7N.Li/c2*1-7(10)9(2,3)6-8-4-5-8;1-8(2,9-3)6-7-4-5-7;1-4(2)3-5;/h8,10H,4-6H2,1-3H3;8H,4-6H2,1-3H3;7H,4-6H2,1-2H3;4H,1-2H3;/q;-1;;;+1. The summed E-state index contributed by atoms with van der Waals surface area (Å²) in [5, 5.41) is 24.7. The average molecular weight is 477 g/mol. The Morgan fingerprint density at radius 2 is 1.20 bits per heavy atom. The van der Waals surface area contributed by atoms with Crippen molar-refractivity contribution >= 4 is 11.4 Å². The largest absolute Gasteiger partial charge is 1.00 e. The molecule has 0 atom stereocenters. The van der Waals surface area contributed by atoms with E-state index >= 15 is 0 Å². The number of hydrogen-bond acceptors (Lipinski definition) is 2. The zero-order valence-corrected chi connectivity index (χ0v) is 25.0. The van der Waals surface area contributed by atoms with Gasteiger partial charge in [-0.1, -0.05) is 60.3 Å². The molecule has 0 radical (unpaired) electrons. The fourth-order valence-corrected chi connectivity index (χ4v) is 3.46. The third kappa shape index (κ3) is 19.7. The maximum Gasteiger partial charge on any atom is 1.00 e. The topological polar surface area (TPSA) is 74.3 Å². The summed E-state index contributed by atoms with van der Waals surface area (Å²) < 4.78 is 0. The minimum atomic E-state index is -0.0822. The van der Waals surface area contributed by atoms with Crippen LogP contribution in [0, 0.1) is 57.8 Å². The summed E-state index contributed by atoms with van der Waals surface area (Å²) in [6, 6.07) is 2.03. The Labute approximate surface area is 230 Å². The van der Waals surface area contributed by atoms with E-state index in [0.29, 0.717) is 5.71 Å². The first-order valence-corrected chi connectivity index (χ1v) is 13.3. The van der Waals surface area contributed by atoms with Crippen molar-refractivity contribution in [3.63, 3.8) is 0 Å². The van der Waals surface area contributed by atoms with Gasteiger partial charge in [0, 0.05) is 37.3 Å². The molecule has 1 N–H and O–H groups in total. The monoisotopic (exact) mass is 476 g/mol. The molecule has 0 saturated heterocycles. The minimum absolute atomic E-state index is 0. The third-order valence-corrected chi connectivity index (χ3v) is 7.03. The summed E-state index contributed by atoms with van der Waals surface area (Å²) in [7, 11) is 0. The minimum Gasteiger partial charge on any atom is -0.811 e. The summed E-state index contributed by atoms with van der Waals surface area (Å²) in [5.74, 6) is 2.91. The van der Waals surface area contributed by atoms with Crippen LogP contribution in [0.3, 0.4) is 0 Å². The van der Waals surface area contributed by atoms with Gasteiger partial charge >= 0.3 is 18.9 Å². The molecular formula is C30H53LiN4. The predicted octanol–water partition coefficient (Wildman–Crippen LogP) is 6.35. The van der Waals surface area contributed by atoms with Crippen molar-refractivity contribution in [1.29, 1.82) is 10.7 Å². The maximum absolute atomic E-state index is 9.27. The smallest absolute Gasteiger partial charge is 0.811 e. The van der Waals surface area contributed by atoms with Crippen molar-refractivity contribution < 1.29 is 18.9 Å². The molecule has 0 aromatic carbocycles. The number of nitrogens with zero attached hydrogens (tertiary/aromatic N) is 3. The van der Waals surface area contributed by atoms with Crippen LogP contribution in [0.4, 0.5) is 0 Å². The molecule has 0 aromatic heterocycles. The summed E-state index contributed by atoms with van der Waals surface area (Å²) in [5.41, 5.74) is 1.56. The van der Waals surface area contributed by atoms with Crippen LogP contribution in [0.15, 0.2) is 0 Å². The van der Waals surface area contributed by atoms with E-state index in [0.717, 1.165) is 36.3 Å². The van der Waals surface area contributed by atoms with Crippen LogP contribution in [0.25, 0.3) is 10.3 Å². The molecule has 3 aliphatic rings. The van der Waals surface area contributed by atoms with E-state index in [-0.39, 0.29) is 41.1 Å². The van der Waals surface area contributed by atoms with E-state index in [9.17, 15) is 5.41 Å². The summed E-state index contributed by atoms with van der Waals surface area (Å²) in [4.78, 5) is 3.55. The van der Waals surface area contributed by atoms with Crippen LogP contribution < -0.4 is 18.9 Å². The first-order valence-electron chi connectivity index (χ1n) is 13.3. The van der Waals surface area contributed by atoms with Gasteiger partial charge in [0.05, 0.1) is 6.07 Å². The molecule has 3 rings (SSSR count). The Kier molecular flexibility index (Phi) is 16.4. The average Bonchev–Trinajstić information content (AvgIpc) is 3.53. The van der Waals surface area contributed by atoms with Crippen molar-refractivity contribution in [2.24, 2.45) is 34.5 Å². The second-order valence-corrected chi connectivity index (χ2v) is 13.1. The van der Waals surface area contributed by atoms with E-state index in [1.54, 1.807) is 0 Å². The summed E-state index contributed by atoms with van der Waals surface area (Å²) >= 11 is 0. The van der Waals surface area contributed by atoms with Gasteiger partial charge in [-0.2, -0.15) is 5.26 Å². The molecule has 5 heteroatoms. The van der Waals surface area contributed by atoms with E-state index in [2.05, 4.69) is 32.5 Å². The molecule has 0 amide bonds. The second kappa shape index (κ2) is 15.9. The fraction of sp³-hybridized carbons (Fsp3) is 0.867. The van der Waals surface area contributed by atoms with Crippen molar-refractivity contribution in [2.45, 2.75) is 133 Å². The van der Waals surface area contributed by atoms with Gasteiger partial charge < -0.3 is 15.7 Å². The van der Waals surface area contributed by atoms with Gasteiger partial charge in [0.1, 0.15) is 0 Å². The predicted molar refractivity (Wildman–Crippen MR) is 148 cm³/mol. The quantitative estimate of drug-likeness (QED) is 0.247. The molecule has 3 aliphatic carbocycles. The Balaban J connectivity index is 0. The second-order valence-electron chi connectivity index (χ2n) is 13.1. The molecule has 3 fully saturated rings. The van der Waals surface area contributed by atoms with Crippen LogP contribution in [-0.2, 0) is 0 Å². The molecule has 0 spiro atoms. The Morgan fingerprint density at radius 1 is 0.886 bits per heavy atom. The Bertz CT molecular complexity index is 688. The third-order valence-electron chi connectivity index (χ3n) is 7.03. The first-order chi connectivity index (χ1) is 15.5. The fourth-order valence-electron chi connectivity index (χ4n) is 3.46. The molecule has 0 aliphatic heterocycles. The van der Waals surface area contributed by atoms with Crippen molar-refractivity contribution in [3.8, 4) is 6.07 Å². The van der Waals surface area contributed by atoms with Gasteiger partial charge in [0.25, 0.3) is 0 Å². The Morgan fingerprint density at radius 3 is 1.43 bits per heavy atom. The van der Waals surface area contributed by atoms with Gasteiger partial charge in [0.2, 0.25) is 5.54 Å². The molecule has 4 nitrogen and oxygen atoms in total. The molecule has 35 heavy (non-hydrogen) atoms. The van der Waals surface area contributed by atoms with Crippen LogP contribution in [-0.4, -0.2) is 17.0 Å². The van der Waals surface area contributed by atoms with Gasteiger partial charge in [-0.15, -0.1) is 0 Å². The molecule has 3 saturated carbocycles. The number of nitriles is 1. The SMILES string of the molecule is CC(=N)C(C)(C)CC1CC1.CC(=[N-])C(C)(C)CC1CC1.CC(C)C#N.[C-]#[N+]C(C)(C)CC1CC1.[Li+]. The molecule has 0 unspecified atom stereocenters. The van der Waals surface area contributed by atoms with E-state index < -0.39 is 0 Å². The molecule has 194 valence electrons. The van der Waals surface area contributed by atoms with E-state index in [1.807, 2.05) is 47.6 Å². The van der Waals surface area contributed by atoms with Crippen LogP contribution in [0.1, 0.15) is 127 Å². The van der Waals surface area contributed by atoms with Crippen molar-refractivity contribution in [3.05, 3.63) is 16.8 Å². The van der Waals surface area contributed by atoms with Gasteiger partial charge in [-0.25, -0.2) is 12.3 Å². The van der Waals surface area contributed by atoms with E-state index in [1.165, 1.54) is 44.9 Å². The van der Waals surface area contributed by atoms with Crippen molar-refractivity contribution in [1.82, 2.24) is 0 Å². The van der Waals surface area contributed by atoms with Gasteiger partial charge in [-0.05, 0) is 69.6 Å². The van der Waals surface area contributed by atoms with Crippen molar-refractivity contribution in [2.75, 3.05) is 0 Å². The number of nitrogens with one attached hydrogen (secondary N) is 1. The van der Waals surface area contributed by atoms with Gasteiger partial charge in [0.15, 0.2) is 0 Å². The zero-order valence-electron chi connectivity index (χ0n) is 25.0. The van der Waals surface area contributed by atoms with E-state index in [4.69, 9.17) is 17.2 Å². The van der Waals surface area contributed by atoms with Crippen LogP contribution >= 0.6 is 0 Å². The van der Waals surface area contributed by atoms with Crippen LogP contribution in [0.5, 0.6) is 0 Å². The first kappa shape index (κ1) is 36.1. The summed E-state index contributed by atoms with van der Waals surface area (Å²) in [6.45, 7) is 26.9. The number of hydrogen-bond donors (Lipinski definition) is 1. The van der Waals surface area contributed by atoms with Gasteiger partial charge in [-0.3, -0.25) is 0 Å². The van der Waals surface area contributed by atoms with Crippen LogP contribution in [0.2, 0.25) is 0 Å². The maximum atomic E-state index is 9.27. The summed E-state index contributed by atoms with van der Waals surface area (Å²) in [6.07, 6.45) is 11.8.